The lowest BCUT2D eigenvalue weighted by Crippen LogP contribution is -2.19. The minimum absolute atomic E-state index is 0.0558. The number of sulfonamides is 1. The second kappa shape index (κ2) is 9.70. The van der Waals surface area contributed by atoms with Crippen molar-refractivity contribution >= 4 is 48.9 Å². The van der Waals surface area contributed by atoms with Gasteiger partial charge in [-0.25, -0.2) is 13.4 Å². The van der Waals surface area contributed by atoms with Gasteiger partial charge in [0, 0.05) is 11.4 Å². The fraction of sp³-hybridized carbons (Fsp3) is 0.167. The van der Waals surface area contributed by atoms with E-state index < -0.39 is 10.0 Å². The quantitative estimate of drug-likeness (QED) is 0.374. The van der Waals surface area contributed by atoms with Crippen LogP contribution in [0.15, 0.2) is 71.6 Å². The van der Waals surface area contributed by atoms with E-state index in [4.69, 9.17) is 4.74 Å². The number of benzene rings is 3. The SMILES string of the molecule is Cc1cccc(NS(=O)(=O)c2ccc(C)c(NC(=O)COCc3nc4ccccc4s3)c2)c1. The Kier molecular flexibility index (Phi) is 6.73. The molecule has 4 rings (SSSR count). The average molecular weight is 482 g/mol. The number of nitrogens with zero attached hydrogens (tertiary/aromatic N) is 1. The lowest BCUT2D eigenvalue weighted by atomic mass is 10.2. The van der Waals surface area contributed by atoms with E-state index in [1.165, 1.54) is 23.5 Å². The lowest BCUT2D eigenvalue weighted by molar-refractivity contribution is -0.121. The molecular weight excluding hydrogens is 458 g/mol. The monoisotopic (exact) mass is 481 g/mol. The van der Waals surface area contributed by atoms with E-state index in [9.17, 15) is 13.2 Å². The van der Waals surface area contributed by atoms with Gasteiger partial charge in [0.1, 0.15) is 11.6 Å². The van der Waals surface area contributed by atoms with E-state index in [-0.39, 0.29) is 24.0 Å². The van der Waals surface area contributed by atoms with E-state index in [0.717, 1.165) is 26.4 Å². The Balaban J connectivity index is 1.39. The van der Waals surface area contributed by atoms with Crippen LogP contribution >= 0.6 is 11.3 Å². The highest BCUT2D eigenvalue weighted by molar-refractivity contribution is 7.92. The summed E-state index contributed by atoms with van der Waals surface area (Å²) in [4.78, 5) is 16.9. The lowest BCUT2D eigenvalue weighted by Gasteiger charge is -2.13. The van der Waals surface area contributed by atoms with Crippen molar-refractivity contribution in [2.75, 3.05) is 16.6 Å². The number of para-hydroxylation sites is 1. The molecule has 0 saturated carbocycles. The summed E-state index contributed by atoms with van der Waals surface area (Å²) >= 11 is 1.52. The number of aryl methyl sites for hydroxylation is 2. The standard InChI is InChI=1S/C24H23N3O4S2/c1-16-6-5-7-18(12-16)27-33(29,30)19-11-10-17(2)21(13-19)25-23(28)14-31-15-24-26-20-8-3-4-9-22(20)32-24/h3-13,27H,14-15H2,1-2H3,(H,25,28). The zero-order valence-electron chi connectivity index (χ0n) is 18.2. The minimum atomic E-state index is -3.81. The van der Waals surface area contributed by atoms with Crippen LogP contribution in [0.2, 0.25) is 0 Å². The predicted octanol–water partition coefficient (Wildman–Crippen LogP) is 4.87. The van der Waals surface area contributed by atoms with Crippen LogP contribution < -0.4 is 10.0 Å². The normalized spacial score (nSPS) is 11.5. The van der Waals surface area contributed by atoms with Crippen molar-refractivity contribution in [2.45, 2.75) is 25.3 Å². The number of hydrogen-bond donors (Lipinski definition) is 2. The molecule has 33 heavy (non-hydrogen) atoms. The van der Waals surface area contributed by atoms with Gasteiger partial charge in [-0.2, -0.15) is 0 Å². The highest BCUT2D eigenvalue weighted by Crippen LogP contribution is 2.24. The van der Waals surface area contributed by atoms with Gasteiger partial charge in [0.2, 0.25) is 5.91 Å². The van der Waals surface area contributed by atoms with Crippen LogP contribution in [0.1, 0.15) is 16.1 Å². The molecule has 4 aromatic rings. The number of carbonyl (C=O) groups excluding carboxylic acids is 1. The molecule has 0 fully saturated rings. The number of aromatic nitrogens is 1. The maximum absolute atomic E-state index is 12.8. The van der Waals surface area contributed by atoms with E-state index in [1.54, 1.807) is 31.2 Å². The summed E-state index contributed by atoms with van der Waals surface area (Å²) in [6, 6.07) is 19.5. The van der Waals surface area contributed by atoms with Crippen molar-refractivity contribution in [1.82, 2.24) is 4.98 Å². The van der Waals surface area contributed by atoms with Gasteiger partial charge >= 0.3 is 0 Å². The molecule has 0 saturated heterocycles. The Morgan fingerprint density at radius 2 is 1.85 bits per heavy atom. The maximum Gasteiger partial charge on any atom is 0.261 e. The van der Waals surface area contributed by atoms with Crippen LogP contribution in [-0.4, -0.2) is 25.9 Å². The van der Waals surface area contributed by atoms with Crippen LogP contribution in [0.5, 0.6) is 0 Å². The zero-order valence-corrected chi connectivity index (χ0v) is 19.8. The number of anilines is 2. The zero-order chi connectivity index (χ0) is 23.4. The Labute approximate surface area is 196 Å². The summed E-state index contributed by atoms with van der Waals surface area (Å²) in [5.74, 6) is -0.375. The molecule has 0 bridgehead atoms. The average Bonchev–Trinajstić information content (AvgIpc) is 3.17. The van der Waals surface area contributed by atoms with E-state index >= 15 is 0 Å². The molecule has 1 amide bonds. The summed E-state index contributed by atoms with van der Waals surface area (Å²) in [6.07, 6.45) is 0. The number of amides is 1. The molecule has 0 aliphatic carbocycles. The molecule has 0 unspecified atom stereocenters. The first kappa shape index (κ1) is 22.9. The molecule has 0 atom stereocenters. The third-order valence-electron chi connectivity index (χ3n) is 4.86. The first-order valence-electron chi connectivity index (χ1n) is 10.2. The Bertz CT molecular complexity index is 1380. The first-order chi connectivity index (χ1) is 15.8. The number of nitrogens with one attached hydrogen (secondary N) is 2. The minimum Gasteiger partial charge on any atom is -0.364 e. The summed E-state index contributed by atoms with van der Waals surface area (Å²) in [7, 11) is -3.81. The summed E-state index contributed by atoms with van der Waals surface area (Å²) < 4.78 is 34.8. The second-order valence-corrected chi connectivity index (χ2v) is 10.4. The van der Waals surface area contributed by atoms with Gasteiger partial charge in [0.25, 0.3) is 10.0 Å². The fourth-order valence-corrected chi connectivity index (χ4v) is 5.20. The van der Waals surface area contributed by atoms with Crippen LogP contribution in [0.4, 0.5) is 11.4 Å². The molecule has 0 aliphatic rings. The molecule has 1 heterocycles. The molecule has 2 N–H and O–H groups in total. The van der Waals surface area contributed by atoms with Crippen LogP contribution in [0.25, 0.3) is 10.2 Å². The maximum atomic E-state index is 12.8. The summed E-state index contributed by atoms with van der Waals surface area (Å²) in [5.41, 5.74) is 3.47. The number of thiazole rings is 1. The van der Waals surface area contributed by atoms with Crippen molar-refractivity contribution in [3.8, 4) is 0 Å². The molecular formula is C24H23N3O4S2. The van der Waals surface area contributed by atoms with Crippen molar-refractivity contribution in [3.05, 3.63) is 82.9 Å². The Morgan fingerprint density at radius 1 is 1.03 bits per heavy atom. The molecule has 0 spiro atoms. The molecule has 170 valence electrons. The van der Waals surface area contributed by atoms with Gasteiger partial charge in [-0.05, 0) is 61.4 Å². The topological polar surface area (TPSA) is 97.4 Å². The van der Waals surface area contributed by atoms with Gasteiger partial charge in [0.05, 0.1) is 21.7 Å². The molecule has 7 nitrogen and oxygen atoms in total. The summed E-state index contributed by atoms with van der Waals surface area (Å²) in [5, 5.41) is 3.52. The fourth-order valence-electron chi connectivity index (χ4n) is 3.22. The molecule has 1 aromatic heterocycles. The number of ether oxygens (including phenoxy) is 1. The third kappa shape index (κ3) is 5.75. The van der Waals surface area contributed by atoms with E-state index in [0.29, 0.717) is 11.4 Å². The van der Waals surface area contributed by atoms with Crippen LogP contribution in [-0.2, 0) is 26.2 Å². The number of fused-ring (bicyclic) bond motifs is 1. The third-order valence-corrected chi connectivity index (χ3v) is 7.25. The molecule has 0 radical (unpaired) electrons. The molecule has 0 aliphatic heterocycles. The van der Waals surface area contributed by atoms with Gasteiger partial charge < -0.3 is 10.1 Å². The van der Waals surface area contributed by atoms with E-state index in [1.807, 2.05) is 37.3 Å². The smallest absolute Gasteiger partial charge is 0.261 e. The highest BCUT2D eigenvalue weighted by atomic mass is 32.2. The van der Waals surface area contributed by atoms with Crippen molar-refractivity contribution in [3.63, 3.8) is 0 Å². The van der Waals surface area contributed by atoms with Gasteiger partial charge in [-0.15, -0.1) is 11.3 Å². The molecule has 3 aromatic carbocycles. The van der Waals surface area contributed by atoms with E-state index in [2.05, 4.69) is 15.0 Å². The summed E-state index contributed by atoms with van der Waals surface area (Å²) in [6.45, 7) is 3.73. The number of hydrogen-bond acceptors (Lipinski definition) is 6. The predicted molar refractivity (Wildman–Crippen MR) is 131 cm³/mol. The van der Waals surface area contributed by atoms with Crippen LogP contribution in [0, 0.1) is 13.8 Å². The Hall–Kier alpha value is -3.27. The number of carbonyl (C=O) groups is 1. The Morgan fingerprint density at radius 3 is 2.64 bits per heavy atom. The van der Waals surface area contributed by atoms with Gasteiger partial charge in [-0.1, -0.05) is 30.3 Å². The van der Waals surface area contributed by atoms with Gasteiger partial charge in [-0.3, -0.25) is 9.52 Å². The first-order valence-corrected chi connectivity index (χ1v) is 12.5. The highest BCUT2D eigenvalue weighted by Gasteiger charge is 2.17. The molecule has 9 heteroatoms. The van der Waals surface area contributed by atoms with Crippen molar-refractivity contribution in [1.29, 1.82) is 0 Å². The number of rotatable bonds is 8. The van der Waals surface area contributed by atoms with Crippen molar-refractivity contribution < 1.29 is 17.9 Å². The second-order valence-electron chi connectivity index (χ2n) is 7.57. The van der Waals surface area contributed by atoms with Crippen LogP contribution in [0.3, 0.4) is 0 Å². The van der Waals surface area contributed by atoms with Crippen molar-refractivity contribution in [2.24, 2.45) is 0 Å². The van der Waals surface area contributed by atoms with Gasteiger partial charge in [0.15, 0.2) is 0 Å². The largest absolute Gasteiger partial charge is 0.364 e.